The molecule has 41 heavy (non-hydrogen) atoms. The van der Waals surface area contributed by atoms with Crippen LogP contribution in [0.15, 0.2) is 66.7 Å². The first kappa shape index (κ1) is 30.5. The fourth-order valence-electron chi connectivity index (χ4n) is 4.03. The number of aryl methyl sites for hydroxylation is 1. The van der Waals surface area contributed by atoms with Crippen LogP contribution >= 0.6 is 0 Å². The molecule has 0 bridgehead atoms. The minimum absolute atomic E-state index is 0.0227. The fourth-order valence-corrected chi connectivity index (χ4v) is 4.03. The van der Waals surface area contributed by atoms with Crippen LogP contribution in [0.25, 0.3) is 0 Å². The maximum absolute atomic E-state index is 12.9. The molecule has 11 heteroatoms. The van der Waals surface area contributed by atoms with Crippen LogP contribution < -0.4 is 25.4 Å². The van der Waals surface area contributed by atoms with Gasteiger partial charge in [-0.1, -0.05) is 42.5 Å². The lowest BCUT2D eigenvalue weighted by molar-refractivity contribution is -0.139. The number of urea groups is 1. The number of carboxylic acid groups (broad SMARTS) is 1. The molecule has 0 unspecified atom stereocenters. The third kappa shape index (κ3) is 9.27. The number of nitrogens with one attached hydrogen (secondary N) is 3. The average Bonchev–Trinajstić information content (AvgIpc) is 2.96. The summed E-state index contributed by atoms with van der Waals surface area (Å²) in [6, 6.07) is 19.0. The third-order valence-corrected chi connectivity index (χ3v) is 6.21. The van der Waals surface area contributed by atoms with Gasteiger partial charge in [-0.05, 0) is 42.3 Å². The van der Waals surface area contributed by atoms with E-state index < -0.39 is 23.8 Å². The molecule has 3 aromatic rings. The van der Waals surface area contributed by atoms with Gasteiger partial charge in [-0.15, -0.1) is 0 Å². The molecule has 0 saturated carbocycles. The van der Waals surface area contributed by atoms with E-state index >= 15 is 0 Å². The van der Waals surface area contributed by atoms with Gasteiger partial charge in [0.05, 0.1) is 39.3 Å². The van der Waals surface area contributed by atoms with Gasteiger partial charge in [-0.2, -0.15) is 0 Å². The first-order valence-corrected chi connectivity index (χ1v) is 12.9. The van der Waals surface area contributed by atoms with Gasteiger partial charge < -0.3 is 35.4 Å². The Kier molecular flexibility index (Phi) is 11.1. The Morgan fingerprint density at radius 1 is 0.854 bits per heavy atom. The van der Waals surface area contributed by atoms with Gasteiger partial charge in [-0.3, -0.25) is 14.4 Å². The molecule has 0 fully saturated rings. The van der Waals surface area contributed by atoms with Crippen LogP contribution in [0.4, 0.5) is 16.2 Å². The van der Waals surface area contributed by atoms with Crippen LogP contribution in [0, 0.1) is 6.92 Å². The molecular formula is C30H34N4O7. The number of benzene rings is 3. The minimum atomic E-state index is -1.04. The molecular weight excluding hydrogens is 528 g/mol. The summed E-state index contributed by atoms with van der Waals surface area (Å²) in [5, 5.41) is 17.2. The Morgan fingerprint density at radius 2 is 1.54 bits per heavy atom. The number of anilines is 2. The van der Waals surface area contributed by atoms with Gasteiger partial charge >= 0.3 is 12.0 Å². The van der Waals surface area contributed by atoms with Gasteiger partial charge in [-0.25, -0.2) is 4.79 Å². The van der Waals surface area contributed by atoms with E-state index in [1.807, 2.05) is 25.1 Å². The lowest BCUT2D eigenvalue weighted by atomic mass is 10.1. The number of carbonyl (C=O) groups excluding carboxylic acids is 3. The van der Waals surface area contributed by atoms with Crippen molar-refractivity contribution in [2.24, 2.45) is 0 Å². The molecule has 11 nitrogen and oxygen atoms in total. The van der Waals surface area contributed by atoms with E-state index in [1.54, 1.807) is 48.5 Å². The highest BCUT2D eigenvalue weighted by Crippen LogP contribution is 2.26. The number of amides is 4. The van der Waals surface area contributed by atoms with Gasteiger partial charge in [0.25, 0.3) is 0 Å². The number of rotatable bonds is 13. The number of methoxy groups -OCH3 is 2. The fraction of sp³-hybridized carbons (Fsp3) is 0.267. The summed E-state index contributed by atoms with van der Waals surface area (Å²) in [5.41, 5.74) is 3.33. The molecule has 0 aliphatic heterocycles. The average molecular weight is 563 g/mol. The summed E-state index contributed by atoms with van der Waals surface area (Å²) in [4.78, 5) is 50.6. The van der Waals surface area contributed by atoms with Gasteiger partial charge in [0.2, 0.25) is 11.8 Å². The molecule has 0 saturated heterocycles. The number of nitrogens with zero attached hydrogens (tertiary/aromatic N) is 1. The van der Waals surface area contributed by atoms with Crippen LogP contribution in [0.5, 0.6) is 11.5 Å². The lowest BCUT2D eigenvalue weighted by Gasteiger charge is -2.23. The van der Waals surface area contributed by atoms with E-state index in [0.717, 1.165) is 5.56 Å². The van der Waals surface area contributed by atoms with Crippen molar-refractivity contribution in [3.63, 3.8) is 0 Å². The van der Waals surface area contributed by atoms with Crippen molar-refractivity contribution in [2.45, 2.75) is 26.3 Å². The van der Waals surface area contributed by atoms with Crippen molar-refractivity contribution in [3.05, 3.63) is 83.4 Å². The number of carboxylic acids is 1. The monoisotopic (exact) mass is 562 g/mol. The number of aliphatic carboxylic acids is 1. The highest BCUT2D eigenvalue weighted by Gasteiger charge is 2.18. The molecule has 0 aliphatic carbocycles. The van der Waals surface area contributed by atoms with E-state index in [2.05, 4.69) is 16.0 Å². The molecule has 0 aromatic heterocycles. The van der Waals surface area contributed by atoms with Gasteiger partial charge in [0.1, 0.15) is 11.5 Å². The number of hydrogen-bond acceptors (Lipinski definition) is 6. The number of para-hydroxylation sites is 2. The predicted octanol–water partition coefficient (Wildman–Crippen LogP) is 3.82. The smallest absolute Gasteiger partial charge is 0.323 e. The highest BCUT2D eigenvalue weighted by atomic mass is 16.5. The molecule has 0 aliphatic rings. The zero-order chi connectivity index (χ0) is 29.8. The van der Waals surface area contributed by atoms with E-state index in [4.69, 9.17) is 14.6 Å². The molecule has 4 N–H and O–H groups in total. The molecule has 0 heterocycles. The minimum Gasteiger partial charge on any atom is -0.496 e. The number of ether oxygens (including phenoxy) is 2. The summed E-state index contributed by atoms with van der Waals surface area (Å²) < 4.78 is 10.7. The largest absolute Gasteiger partial charge is 0.496 e. The van der Waals surface area contributed by atoms with Crippen molar-refractivity contribution in [3.8, 4) is 11.5 Å². The van der Waals surface area contributed by atoms with E-state index in [0.29, 0.717) is 34.0 Å². The van der Waals surface area contributed by atoms with E-state index in [-0.39, 0.29) is 32.5 Å². The summed E-state index contributed by atoms with van der Waals surface area (Å²) in [6.45, 7) is 1.70. The Balaban J connectivity index is 1.59. The van der Waals surface area contributed by atoms with Crippen molar-refractivity contribution in [1.82, 2.24) is 10.2 Å². The Bertz CT molecular complexity index is 1390. The van der Waals surface area contributed by atoms with Crippen molar-refractivity contribution in [1.29, 1.82) is 0 Å². The topological polar surface area (TPSA) is 146 Å². The first-order chi connectivity index (χ1) is 19.7. The van der Waals surface area contributed by atoms with Gasteiger partial charge in [0.15, 0.2) is 0 Å². The summed E-state index contributed by atoms with van der Waals surface area (Å²) in [6.07, 6.45) is -0.279. The zero-order valence-corrected chi connectivity index (χ0v) is 23.2. The molecule has 0 radical (unpaired) electrons. The second-order valence-electron chi connectivity index (χ2n) is 9.15. The summed E-state index contributed by atoms with van der Waals surface area (Å²) in [5.74, 6) is -0.935. The molecule has 216 valence electrons. The SMILES string of the molecule is COc1ccccc1CN(CCC(=O)O)C(=O)CNC(=O)Cc1ccc(NC(=O)Nc2ccccc2C)c(OC)c1. The predicted molar refractivity (Wildman–Crippen MR) is 154 cm³/mol. The van der Waals surface area contributed by atoms with Crippen molar-refractivity contribution in [2.75, 3.05) is 37.9 Å². The lowest BCUT2D eigenvalue weighted by Crippen LogP contribution is -2.41. The van der Waals surface area contributed by atoms with Crippen LogP contribution in [0.1, 0.15) is 23.1 Å². The second-order valence-corrected chi connectivity index (χ2v) is 9.15. The third-order valence-electron chi connectivity index (χ3n) is 6.21. The summed E-state index contributed by atoms with van der Waals surface area (Å²) >= 11 is 0. The van der Waals surface area contributed by atoms with Gasteiger partial charge in [0, 0.05) is 24.3 Å². The maximum atomic E-state index is 12.9. The summed E-state index contributed by atoms with van der Waals surface area (Å²) in [7, 11) is 2.97. The van der Waals surface area contributed by atoms with Crippen LogP contribution in [-0.4, -0.2) is 61.1 Å². The zero-order valence-electron chi connectivity index (χ0n) is 23.2. The first-order valence-electron chi connectivity index (χ1n) is 12.9. The van der Waals surface area contributed by atoms with Crippen LogP contribution in [0.3, 0.4) is 0 Å². The highest BCUT2D eigenvalue weighted by molar-refractivity contribution is 6.01. The standard InChI is InChI=1S/C30H34N4O7/c1-20-8-4-6-10-23(20)32-30(39)33-24-13-12-21(16-26(24)41-3)17-27(35)31-18-28(36)34(15-14-29(37)38)19-22-9-5-7-11-25(22)40-2/h4-13,16H,14-15,17-19H2,1-3H3,(H,31,35)(H,37,38)(H2,32,33,39). The van der Waals surface area contributed by atoms with Crippen LogP contribution in [0.2, 0.25) is 0 Å². The molecule has 0 spiro atoms. The Labute approximate surface area is 238 Å². The second kappa shape index (κ2) is 14.9. The number of carbonyl (C=O) groups is 4. The molecule has 3 aromatic carbocycles. The Morgan fingerprint density at radius 3 is 2.24 bits per heavy atom. The molecule has 3 rings (SSSR count). The number of hydrogen-bond donors (Lipinski definition) is 4. The molecule has 4 amide bonds. The molecule has 0 atom stereocenters. The normalized spacial score (nSPS) is 10.3. The Hall–Kier alpha value is -5.06. The van der Waals surface area contributed by atoms with Crippen molar-refractivity contribution < 1.29 is 33.8 Å². The van der Waals surface area contributed by atoms with E-state index in [1.165, 1.54) is 19.1 Å². The van der Waals surface area contributed by atoms with Crippen LogP contribution in [-0.2, 0) is 27.3 Å². The maximum Gasteiger partial charge on any atom is 0.323 e. The van der Waals surface area contributed by atoms with Crippen molar-refractivity contribution >= 4 is 35.2 Å². The van der Waals surface area contributed by atoms with E-state index in [9.17, 15) is 19.2 Å². The quantitative estimate of drug-likeness (QED) is 0.248.